The van der Waals surface area contributed by atoms with Gasteiger partial charge in [-0.25, -0.2) is 17.2 Å². The lowest BCUT2D eigenvalue weighted by atomic mass is 9.95. The average Bonchev–Trinajstić information content (AvgIpc) is 2.72. The van der Waals surface area contributed by atoms with Crippen molar-refractivity contribution in [2.45, 2.75) is 25.7 Å². The van der Waals surface area contributed by atoms with E-state index >= 15 is 0 Å². The van der Waals surface area contributed by atoms with Crippen LogP contribution >= 0.6 is 0 Å². The number of carbonyl (C=O) groups is 2. The minimum absolute atomic E-state index is 0.0622. The Bertz CT molecular complexity index is 1120. The predicted octanol–water partition coefficient (Wildman–Crippen LogP) is 3.10. The van der Waals surface area contributed by atoms with Crippen LogP contribution in [0.15, 0.2) is 47.4 Å². The second kappa shape index (κ2) is 8.95. The maximum absolute atomic E-state index is 14.0. The Morgan fingerprint density at radius 2 is 1.50 bits per heavy atom. The maximum atomic E-state index is 14.0. The SMILES string of the molecule is CC(C)(C)C(=O)Nc1cccc(C(=O)N2CCN(S(=O)(=O)c3c(F)cccc3F)CC2)c1. The number of nitrogens with zero attached hydrogens (tertiary/aromatic N) is 2. The third-order valence-electron chi connectivity index (χ3n) is 5.09. The van der Waals surface area contributed by atoms with Gasteiger partial charge in [0, 0.05) is 42.8 Å². The molecule has 0 spiro atoms. The molecule has 2 aromatic rings. The van der Waals surface area contributed by atoms with E-state index < -0.39 is 32.0 Å². The van der Waals surface area contributed by atoms with E-state index in [9.17, 15) is 26.8 Å². The number of benzene rings is 2. The number of nitrogens with one attached hydrogen (secondary N) is 1. The van der Waals surface area contributed by atoms with Crippen molar-refractivity contribution in [2.75, 3.05) is 31.5 Å². The van der Waals surface area contributed by atoms with Gasteiger partial charge in [-0.05, 0) is 30.3 Å². The minimum atomic E-state index is -4.37. The van der Waals surface area contributed by atoms with Crippen LogP contribution in [-0.4, -0.2) is 55.6 Å². The largest absolute Gasteiger partial charge is 0.336 e. The van der Waals surface area contributed by atoms with Gasteiger partial charge in [-0.15, -0.1) is 0 Å². The maximum Gasteiger partial charge on any atom is 0.254 e. The molecule has 172 valence electrons. The van der Waals surface area contributed by atoms with Crippen molar-refractivity contribution in [3.05, 3.63) is 59.7 Å². The number of anilines is 1. The first-order chi connectivity index (χ1) is 14.9. The van der Waals surface area contributed by atoms with Crippen LogP contribution in [0.2, 0.25) is 0 Å². The number of halogens is 2. The molecule has 0 atom stereocenters. The molecule has 0 saturated carbocycles. The predicted molar refractivity (Wildman–Crippen MR) is 116 cm³/mol. The quantitative estimate of drug-likeness (QED) is 0.752. The molecule has 1 fully saturated rings. The fraction of sp³-hybridized carbons (Fsp3) is 0.364. The first kappa shape index (κ1) is 23.8. The Hall–Kier alpha value is -2.85. The van der Waals surface area contributed by atoms with Gasteiger partial charge in [0.15, 0.2) is 4.90 Å². The van der Waals surface area contributed by atoms with Crippen LogP contribution in [-0.2, 0) is 14.8 Å². The molecule has 2 aromatic carbocycles. The van der Waals surface area contributed by atoms with Crippen LogP contribution in [0.1, 0.15) is 31.1 Å². The van der Waals surface area contributed by atoms with Gasteiger partial charge in [-0.3, -0.25) is 9.59 Å². The number of piperazine rings is 1. The number of hydrogen-bond acceptors (Lipinski definition) is 4. The summed E-state index contributed by atoms with van der Waals surface area (Å²) < 4.78 is 54.4. The summed E-state index contributed by atoms with van der Waals surface area (Å²) >= 11 is 0. The lowest BCUT2D eigenvalue weighted by Crippen LogP contribution is -2.50. The standard InChI is InChI=1S/C22H25F2N3O4S/c1-22(2,3)21(29)25-16-7-4-6-15(14-16)20(28)26-10-12-27(13-11-26)32(30,31)19-17(23)8-5-9-18(19)24/h4-9,14H,10-13H2,1-3H3,(H,25,29). The topological polar surface area (TPSA) is 86.8 Å². The van der Waals surface area contributed by atoms with E-state index in [4.69, 9.17) is 0 Å². The van der Waals surface area contributed by atoms with Gasteiger partial charge < -0.3 is 10.2 Å². The van der Waals surface area contributed by atoms with E-state index in [0.717, 1.165) is 22.5 Å². The van der Waals surface area contributed by atoms with Gasteiger partial charge in [0.25, 0.3) is 5.91 Å². The van der Waals surface area contributed by atoms with Crippen LogP contribution in [0.25, 0.3) is 0 Å². The summed E-state index contributed by atoms with van der Waals surface area (Å²) in [4.78, 5) is 25.6. The number of rotatable bonds is 4. The van der Waals surface area contributed by atoms with Gasteiger partial charge in [0.2, 0.25) is 15.9 Å². The zero-order valence-corrected chi connectivity index (χ0v) is 18.9. The summed E-state index contributed by atoms with van der Waals surface area (Å²) in [6, 6.07) is 9.36. The van der Waals surface area contributed by atoms with Crippen molar-refractivity contribution in [1.29, 1.82) is 0 Å². The Balaban J connectivity index is 1.70. The molecule has 3 rings (SSSR count). The fourth-order valence-electron chi connectivity index (χ4n) is 3.22. The van der Waals surface area contributed by atoms with E-state index in [-0.39, 0.29) is 38.0 Å². The highest BCUT2D eigenvalue weighted by Crippen LogP contribution is 2.24. The highest BCUT2D eigenvalue weighted by Gasteiger charge is 2.34. The summed E-state index contributed by atoms with van der Waals surface area (Å²) in [5.41, 5.74) is 0.222. The number of sulfonamides is 1. The molecule has 0 radical (unpaired) electrons. The molecule has 0 aromatic heterocycles. The Morgan fingerprint density at radius 1 is 0.938 bits per heavy atom. The van der Waals surface area contributed by atoms with Crippen molar-refractivity contribution in [3.8, 4) is 0 Å². The van der Waals surface area contributed by atoms with E-state index in [1.165, 1.54) is 4.90 Å². The Labute approximate surface area is 186 Å². The van der Waals surface area contributed by atoms with Crippen molar-refractivity contribution in [1.82, 2.24) is 9.21 Å². The molecular formula is C22H25F2N3O4S. The van der Waals surface area contributed by atoms with Crippen molar-refractivity contribution < 1.29 is 26.8 Å². The number of carbonyl (C=O) groups excluding carboxylic acids is 2. The molecular weight excluding hydrogens is 440 g/mol. The van der Waals surface area contributed by atoms with Gasteiger partial charge in [-0.2, -0.15) is 4.31 Å². The Kier molecular flexibility index (Phi) is 6.66. The molecule has 1 aliphatic rings. The third-order valence-corrected chi connectivity index (χ3v) is 7.04. The average molecular weight is 466 g/mol. The van der Waals surface area contributed by atoms with Gasteiger partial charge in [0.1, 0.15) is 11.6 Å². The highest BCUT2D eigenvalue weighted by atomic mass is 32.2. The van der Waals surface area contributed by atoms with E-state index in [1.54, 1.807) is 45.0 Å². The molecule has 2 amide bonds. The van der Waals surface area contributed by atoms with Crippen LogP contribution < -0.4 is 5.32 Å². The van der Waals surface area contributed by atoms with Gasteiger partial charge >= 0.3 is 0 Å². The molecule has 1 saturated heterocycles. The molecule has 0 unspecified atom stereocenters. The van der Waals surface area contributed by atoms with Gasteiger partial charge in [-0.1, -0.05) is 32.9 Å². The van der Waals surface area contributed by atoms with Crippen LogP contribution in [0.5, 0.6) is 0 Å². The number of amides is 2. The minimum Gasteiger partial charge on any atom is -0.336 e. The van der Waals surface area contributed by atoms with Crippen molar-refractivity contribution in [3.63, 3.8) is 0 Å². The molecule has 7 nitrogen and oxygen atoms in total. The second-order valence-electron chi connectivity index (χ2n) is 8.53. The summed E-state index contributed by atoms with van der Waals surface area (Å²) in [5.74, 6) is -2.83. The third kappa shape index (κ3) is 4.97. The molecule has 0 bridgehead atoms. The number of hydrogen-bond donors (Lipinski definition) is 1. The first-order valence-corrected chi connectivity index (χ1v) is 11.5. The summed E-state index contributed by atoms with van der Waals surface area (Å²) in [7, 11) is -4.37. The van der Waals surface area contributed by atoms with Crippen LogP contribution in [0.4, 0.5) is 14.5 Å². The van der Waals surface area contributed by atoms with Crippen molar-refractivity contribution >= 4 is 27.5 Å². The lowest BCUT2D eigenvalue weighted by Gasteiger charge is -2.34. The summed E-state index contributed by atoms with van der Waals surface area (Å²) in [5, 5.41) is 2.77. The zero-order valence-electron chi connectivity index (χ0n) is 18.1. The molecule has 1 N–H and O–H groups in total. The normalized spacial score (nSPS) is 15.5. The van der Waals surface area contributed by atoms with Crippen LogP contribution in [0.3, 0.4) is 0 Å². The molecule has 1 heterocycles. The van der Waals surface area contributed by atoms with Gasteiger partial charge in [0.05, 0.1) is 0 Å². The lowest BCUT2D eigenvalue weighted by molar-refractivity contribution is -0.123. The van der Waals surface area contributed by atoms with Crippen molar-refractivity contribution in [2.24, 2.45) is 5.41 Å². The molecule has 1 aliphatic heterocycles. The molecule has 0 aliphatic carbocycles. The summed E-state index contributed by atoms with van der Waals surface area (Å²) in [6.45, 7) is 5.26. The Morgan fingerprint density at radius 3 is 2.06 bits per heavy atom. The zero-order chi connectivity index (χ0) is 23.7. The van der Waals surface area contributed by atoms with Crippen LogP contribution in [0, 0.1) is 17.0 Å². The first-order valence-electron chi connectivity index (χ1n) is 10.1. The summed E-state index contributed by atoms with van der Waals surface area (Å²) in [6.07, 6.45) is 0. The monoisotopic (exact) mass is 465 g/mol. The van der Waals surface area contributed by atoms with E-state index in [1.807, 2.05) is 0 Å². The smallest absolute Gasteiger partial charge is 0.254 e. The highest BCUT2D eigenvalue weighted by molar-refractivity contribution is 7.89. The second-order valence-corrected chi connectivity index (χ2v) is 10.4. The molecule has 32 heavy (non-hydrogen) atoms. The van der Waals surface area contributed by atoms with E-state index in [2.05, 4.69) is 5.32 Å². The molecule has 10 heteroatoms. The van der Waals surface area contributed by atoms with E-state index in [0.29, 0.717) is 11.3 Å². The fourth-order valence-corrected chi connectivity index (χ4v) is 4.75.